The lowest BCUT2D eigenvalue weighted by molar-refractivity contribution is -0.0315. The second-order valence-corrected chi connectivity index (χ2v) is 5.01. The summed E-state index contributed by atoms with van der Waals surface area (Å²) in [5.74, 6) is 2.96. The number of alkyl halides is 2. The van der Waals surface area contributed by atoms with Gasteiger partial charge in [0, 0.05) is 11.8 Å². The molecule has 0 amide bonds. The van der Waals surface area contributed by atoms with E-state index in [1.807, 2.05) is 11.8 Å². The van der Waals surface area contributed by atoms with Gasteiger partial charge in [0.2, 0.25) is 0 Å². The fourth-order valence-electron chi connectivity index (χ4n) is 1.45. The lowest BCUT2D eigenvalue weighted by Gasteiger charge is -2.10. The van der Waals surface area contributed by atoms with Gasteiger partial charge < -0.3 is 4.74 Å². The minimum absolute atomic E-state index is 0.109. The summed E-state index contributed by atoms with van der Waals surface area (Å²) in [5.41, 5.74) is 0. The van der Waals surface area contributed by atoms with Crippen molar-refractivity contribution in [1.82, 2.24) is 5.32 Å². The molecule has 0 aromatic carbocycles. The van der Waals surface area contributed by atoms with E-state index in [-0.39, 0.29) is 6.04 Å². The molecular weight excluding hydrogens is 208 g/mol. The summed E-state index contributed by atoms with van der Waals surface area (Å²) in [7, 11) is 0. The molecule has 2 aliphatic rings. The predicted molar refractivity (Wildman–Crippen MR) is 52.7 cm³/mol. The molecule has 0 aromatic rings. The molecule has 14 heavy (non-hydrogen) atoms. The minimum atomic E-state index is -2.41. The Bertz CT molecular complexity index is 190. The molecule has 2 unspecified atom stereocenters. The van der Waals surface area contributed by atoms with E-state index in [2.05, 4.69) is 5.32 Å². The van der Waals surface area contributed by atoms with Gasteiger partial charge in [0.15, 0.2) is 6.23 Å². The molecule has 0 aromatic heterocycles. The van der Waals surface area contributed by atoms with Crippen molar-refractivity contribution in [2.24, 2.45) is 5.92 Å². The van der Waals surface area contributed by atoms with Gasteiger partial charge in [-0.3, -0.25) is 5.32 Å². The van der Waals surface area contributed by atoms with Crippen LogP contribution in [0.4, 0.5) is 8.78 Å². The van der Waals surface area contributed by atoms with Gasteiger partial charge in [-0.05, 0) is 24.5 Å². The first kappa shape index (κ1) is 10.6. The SMILES string of the molecule is FC(F)C1NC(CSCC2CC2)CO1. The highest BCUT2D eigenvalue weighted by Crippen LogP contribution is 2.32. The molecule has 1 aliphatic heterocycles. The Morgan fingerprint density at radius 2 is 2.14 bits per heavy atom. The fourth-order valence-corrected chi connectivity index (χ4v) is 2.73. The Morgan fingerprint density at radius 3 is 2.71 bits per heavy atom. The Labute approximate surface area is 86.8 Å². The average molecular weight is 223 g/mol. The highest BCUT2D eigenvalue weighted by atomic mass is 32.2. The van der Waals surface area contributed by atoms with E-state index < -0.39 is 12.7 Å². The number of hydrogen-bond donors (Lipinski definition) is 1. The highest BCUT2D eigenvalue weighted by molar-refractivity contribution is 7.99. The molecule has 1 saturated heterocycles. The summed E-state index contributed by atoms with van der Waals surface area (Å²) in [6.07, 6.45) is -0.752. The maximum atomic E-state index is 12.2. The summed E-state index contributed by atoms with van der Waals surface area (Å²) >= 11 is 1.85. The van der Waals surface area contributed by atoms with Crippen LogP contribution in [0.15, 0.2) is 0 Å². The maximum absolute atomic E-state index is 12.2. The Kier molecular flexibility index (Phi) is 3.62. The molecule has 82 valence electrons. The second kappa shape index (κ2) is 4.77. The molecule has 1 N–H and O–H groups in total. The highest BCUT2D eigenvalue weighted by Gasteiger charge is 2.31. The second-order valence-electron chi connectivity index (χ2n) is 3.93. The van der Waals surface area contributed by atoms with E-state index in [1.165, 1.54) is 18.6 Å². The largest absolute Gasteiger partial charge is 0.356 e. The van der Waals surface area contributed by atoms with Gasteiger partial charge in [0.05, 0.1) is 6.61 Å². The van der Waals surface area contributed by atoms with E-state index in [0.29, 0.717) is 6.61 Å². The lowest BCUT2D eigenvalue weighted by atomic mass is 10.4. The van der Waals surface area contributed by atoms with Gasteiger partial charge in [0.1, 0.15) is 0 Å². The third kappa shape index (κ3) is 3.07. The molecule has 2 atom stereocenters. The van der Waals surface area contributed by atoms with Crippen LogP contribution >= 0.6 is 11.8 Å². The number of rotatable bonds is 5. The summed E-state index contributed by atoms with van der Waals surface area (Å²) in [4.78, 5) is 0. The maximum Gasteiger partial charge on any atom is 0.277 e. The van der Waals surface area contributed by atoms with Gasteiger partial charge in [-0.15, -0.1) is 0 Å². The summed E-state index contributed by atoms with van der Waals surface area (Å²) in [5, 5.41) is 2.79. The molecule has 2 rings (SSSR count). The molecule has 2 nitrogen and oxygen atoms in total. The molecule has 1 aliphatic carbocycles. The monoisotopic (exact) mass is 223 g/mol. The average Bonchev–Trinajstić information content (AvgIpc) is 2.82. The first-order valence-corrected chi connectivity index (χ1v) is 6.14. The van der Waals surface area contributed by atoms with Crippen molar-refractivity contribution in [2.45, 2.75) is 31.5 Å². The Balaban J connectivity index is 1.58. The van der Waals surface area contributed by atoms with Crippen molar-refractivity contribution in [3.8, 4) is 0 Å². The number of hydrogen-bond acceptors (Lipinski definition) is 3. The number of nitrogens with one attached hydrogen (secondary N) is 1. The minimum Gasteiger partial charge on any atom is -0.356 e. The van der Waals surface area contributed by atoms with Crippen LogP contribution in [0.3, 0.4) is 0 Å². The van der Waals surface area contributed by atoms with Crippen molar-refractivity contribution < 1.29 is 13.5 Å². The molecule has 1 heterocycles. The molecule has 1 saturated carbocycles. The van der Waals surface area contributed by atoms with Crippen LogP contribution in [0.2, 0.25) is 0 Å². The molecule has 0 bridgehead atoms. The van der Waals surface area contributed by atoms with Crippen molar-refractivity contribution >= 4 is 11.8 Å². The predicted octanol–water partition coefficient (Wildman–Crippen LogP) is 1.71. The van der Waals surface area contributed by atoms with Crippen LogP contribution in [0, 0.1) is 5.92 Å². The Hall–Kier alpha value is 0.130. The van der Waals surface area contributed by atoms with Crippen LogP contribution in [0.25, 0.3) is 0 Å². The topological polar surface area (TPSA) is 21.3 Å². The first-order chi connectivity index (χ1) is 6.75. The molecular formula is C9H15F2NOS. The quantitative estimate of drug-likeness (QED) is 0.766. The molecule has 0 radical (unpaired) electrons. The molecule has 2 fully saturated rings. The Morgan fingerprint density at radius 1 is 1.36 bits per heavy atom. The van der Waals surface area contributed by atoms with E-state index in [1.54, 1.807) is 0 Å². The van der Waals surface area contributed by atoms with Crippen LogP contribution in [-0.4, -0.2) is 36.8 Å². The zero-order chi connectivity index (χ0) is 9.97. The number of ether oxygens (including phenoxy) is 1. The number of halogens is 2. The van der Waals surface area contributed by atoms with Gasteiger partial charge in [-0.25, -0.2) is 8.78 Å². The van der Waals surface area contributed by atoms with Crippen LogP contribution < -0.4 is 5.32 Å². The third-order valence-corrected chi connectivity index (χ3v) is 3.82. The van der Waals surface area contributed by atoms with E-state index in [4.69, 9.17) is 4.74 Å². The zero-order valence-corrected chi connectivity index (χ0v) is 8.73. The van der Waals surface area contributed by atoms with Crippen LogP contribution in [0.1, 0.15) is 12.8 Å². The van der Waals surface area contributed by atoms with E-state index >= 15 is 0 Å². The zero-order valence-electron chi connectivity index (χ0n) is 7.92. The lowest BCUT2D eigenvalue weighted by Crippen LogP contribution is -2.36. The van der Waals surface area contributed by atoms with Crippen molar-refractivity contribution in [2.75, 3.05) is 18.1 Å². The van der Waals surface area contributed by atoms with Gasteiger partial charge in [-0.2, -0.15) is 11.8 Å². The normalized spacial score (nSPS) is 32.8. The smallest absolute Gasteiger partial charge is 0.277 e. The van der Waals surface area contributed by atoms with E-state index in [9.17, 15) is 8.78 Å². The summed E-state index contributed by atoms with van der Waals surface area (Å²) in [6, 6.07) is 0.109. The van der Waals surface area contributed by atoms with Gasteiger partial charge in [-0.1, -0.05) is 0 Å². The third-order valence-electron chi connectivity index (χ3n) is 2.48. The first-order valence-electron chi connectivity index (χ1n) is 4.99. The van der Waals surface area contributed by atoms with Crippen molar-refractivity contribution in [3.63, 3.8) is 0 Å². The van der Waals surface area contributed by atoms with Gasteiger partial charge >= 0.3 is 0 Å². The van der Waals surface area contributed by atoms with Gasteiger partial charge in [0.25, 0.3) is 6.43 Å². The van der Waals surface area contributed by atoms with E-state index in [0.717, 1.165) is 11.7 Å². The molecule has 5 heteroatoms. The molecule has 0 spiro atoms. The van der Waals surface area contributed by atoms with Crippen LogP contribution in [-0.2, 0) is 4.74 Å². The number of thioether (sulfide) groups is 1. The fraction of sp³-hybridized carbons (Fsp3) is 1.00. The van der Waals surface area contributed by atoms with Crippen LogP contribution in [0.5, 0.6) is 0 Å². The summed E-state index contributed by atoms with van der Waals surface area (Å²) < 4.78 is 29.3. The van der Waals surface area contributed by atoms with Crippen molar-refractivity contribution in [3.05, 3.63) is 0 Å². The standard InChI is InChI=1S/C9H15F2NOS/c10-8(11)9-12-7(3-13-9)5-14-4-6-1-2-6/h6-9,12H,1-5H2. The summed E-state index contributed by atoms with van der Waals surface area (Å²) in [6.45, 7) is 0.423. The van der Waals surface area contributed by atoms with Crippen molar-refractivity contribution in [1.29, 1.82) is 0 Å².